The molecule has 0 bridgehead atoms. The summed E-state index contributed by atoms with van der Waals surface area (Å²) in [6, 6.07) is 0. The van der Waals surface area contributed by atoms with E-state index in [1.165, 1.54) is 0 Å². The zero-order chi connectivity index (χ0) is 14.3. The maximum atomic E-state index is 9.53. The molecular formula is C12H28NbO4-4. The molecule has 0 amide bonds. The van der Waals surface area contributed by atoms with Crippen molar-refractivity contribution in [3.05, 3.63) is 0 Å². The molecule has 0 aromatic rings. The molecular weight excluding hydrogens is 301 g/mol. The molecule has 1 radical (unpaired) electrons. The first-order chi connectivity index (χ1) is 6.93. The molecule has 0 N–H and O–H groups in total. The minimum absolute atomic E-state index is 0. The fourth-order valence-electron chi connectivity index (χ4n) is 0. The van der Waals surface area contributed by atoms with Crippen molar-refractivity contribution in [1.82, 2.24) is 0 Å². The van der Waals surface area contributed by atoms with E-state index in [9.17, 15) is 20.4 Å². The Kier molecular flexibility index (Phi) is 45.7. The molecule has 0 aliphatic heterocycles. The predicted octanol–water partition coefficient (Wildman–Crippen LogP) is -0.982. The number of rotatable bonds is 0. The van der Waals surface area contributed by atoms with Crippen LogP contribution >= 0.6 is 0 Å². The molecule has 0 rings (SSSR count). The third-order valence-electron chi connectivity index (χ3n) is 0. The van der Waals surface area contributed by atoms with E-state index in [2.05, 4.69) is 0 Å². The van der Waals surface area contributed by atoms with Gasteiger partial charge in [-0.05, 0) is 0 Å². The molecule has 109 valence electrons. The Morgan fingerprint density at radius 3 is 0.412 bits per heavy atom. The van der Waals surface area contributed by atoms with Crippen LogP contribution in [0.1, 0.15) is 55.4 Å². The van der Waals surface area contributed by atoms with E-state index < -0.39 is 24.4 Å². The molecule has 0 saturated carbocycles. The Morgan fingerprint density at radius 2 is 0.412 bits per heavy atom. The Bertz CT molecular complexity index is 61.5. The Labute approximate surface area is 123 Å². The van der Waals surface area contributed by atoms with Crippen LogP contribution in [0.15, 0.2) is 0 Å². The summed E-state index contributed by atoms with van der Waals surface area (Å²) in [5.74, 6) is 0. The van der Waals surface area contributed by atoms with Gasteiger partial charge in [-0.25, -0.2) is 0 Å². The molecule has 0 unspecified atom stereocenters. The van der Waals surface area contributed by atoms with Crippen LogP contribution in [0.25, 0.3) is 0 Å². The van der Waals surface area contributed by atoms with Gasteiger partial charge in [-0.15, -0.1) is 24.4 Å². The molecule has 0 spiro atoms. The Balaban J connectivity index is -0.0000000369. The second kappa shape index (κ2) is 25.4. The van der Waals surface area contributed by atoms with E-state index in [-0.39, 0.29) is 22.4 Å². The first kappa shape index (κ1) is 30.5. The summed E-state index contributed by atoms with van der Waals surface area (Å²) in [5, 5.41) is 38.1. The predicted molar refractivity (Wildman–Crippen MR) is 60.5 cm³/mol. The van der Waals surface area contributed by atoms with E-state index >= 15 is 0 Å². The molecule has 0 aliphatic carbocycles. The maximum Gasteiger partial charge on any atom is 0 e. The topological polar surface area (TPSA) is 92.2 Å². The molecule has 0 aromatic heterocycles. The van der Waals surface area contributed by atoms with Gasteiger partial charge >= 0.3 is 0 Å². The van der Waals surface area contributed by atoms with Crippen molar-refractivity contribution in [2.45, 2.75) is 79.8 Å². The van der Waals surface area contributed by atoms with Crippen LogP contribution in [-0.2, 0) is 22.4 Å². The normalized spacial score (nSPS) is 8.47. The summed E-state index contributed by atoms with van der Waals surface area (Å²) in [7, 11) is 0. The Morgan fingerprint density at radius 1 is 0.412 bits per heavy atom. The van der Waals surface area contributed by atoms with Crippen LogP contribution in [0.3, 0.4) is 0 Å². The van der Waals surface area contributed by atoms with Crippen LogP contribution in [-0.4, -0.2) is 24.4 Å². The largest absolute Gasteiger partial charge is 0.852 e. The van der Waals surface area contributed by atoms with Crippen LogP contribution in [0, 0.1) is 0 Å². The van der Waals surface area contributed by atoms with Crippen molar-refractivity contribution in [1.29, 1.82) is 0 Å². The van der Waals surface area contributed by atoms with Gasteiger partial charge in [-0.1, -0.05) is 55.4 Å². The monoisotopic (exact) mass is 329 g/mol. The minimum Gasteiger partial charge on any atom is -0.852 e. The number of hydrogen-bond acceptors (Lipinski definition) is 4. The quantitative estimate of drug-likeness (QED) is 0.534. The van der Waals surface area contributed by atoms with Gasteiger partial charge in [-0.3, -0.25) is 0 Å². The van der Waals surface area contributed by atoms with Gasteiger partial charge < -0.3 is 20.4 Å². The van der Waals surface area contributed by atoms with Crippen molar-refractivity contribution in [2.24, 2.45) is 0 Å². The van der Waals surface area contributed by atoms with E-state index in [1.807, 2.05) is 0 Å². The molecule has 5 heteroatoms. The summed E-state index contributed by atoms with van der Waals surface area (Å²) in [6.45, 7) is 12.9. The van der Waals surface area contributed by atoms with Crippen molar-refractivity contribution in [3.8, 4) is 0 Å². The summed E-state index contributed by atoms with van der Waals surface area (Å²) in [4.78, 5) is 0. The van der Waals surface area contributed by atoms with Crippen molar-refractivity contribution < 1.29 is 42.8 Å². The molecule has 17 heavy (non-hydrogen) atoms. The summed E-state index contributed by atoms with van der Waals surface area (Å²) in [5.41, 5.74) is 0. The maximum absolute atomic E-state index is 9.53. The van der Waals surface area contributed by atoms with Gasteiger partial charge in [0, 0.05) is 22.4 Å². The van der Waals surface area contributed by atoms with E-state index in [0.717, 1.165) is 0 Å². The Hall–Kier alpha value is 0.580. The van der Waals surface area contributed by atoms with Crippen molar-refractivity contribution in [2.75, 3.05) is 0 Å². The number of hydrogen-bond donors (Lipinski definition) is 0. The SMILES string of the molecule is CC(C)[O-].CC(C)[O-].CC(C)[O-].CC(C)[O-].[Nb]. The smallest absolute Gasteiger partial charge is 0 e. The molecule has 0 fully saturated rings. The van der Waals surface area contributed by atoms with Gasteiger partial charge in [0.1, 0.15) is 0 Å². The fraction of sp³-hybridized carbons (Fsp3) is 1.00. The van der Waals surface area contributed by atoms with Gasteiger partial charge in [0.05, 0.1) is 0 Å². The second-order valence-electron chi connectivity index (χ2n) is 4.20. The second-order valence-corrected chi connectivity index (χ2v) is 4.20. The molecule has 0 atom stereocenters. The van der Waals surface area contributed by atoms with Gasteiger partial charge in [0.15, 0.2) is 0 Å². The van der Waals surface area contributed by atoms with Crippen molar-refractivity contribution >= 4 is 0 Å². The fourth-order valence-corrected chi connectivity index (χ4v) is 0. The molecule has 0 saturated heterocycles. The first-order valence-corrected chi connectivity index (χ1v) is 5.56. The van der Waals surface area contributed by atoms with E-state index in [0.29, 0.717) is 0 Å². The van der Waals surface area contributed by atoms with Gasteiger partial charge in [0.2, 0.25) is 0 Å². The zero-order valence-corrected chi connectivity index (χ0v) is 14.6. The third-order valence-corrected chi connectivity index (χ3v) is 0. The van der Waals surface area contributed by atoms with E-state index in [4.69, 9.17) is 0 Å². The van der Waals surface area contributed by atoms with Crippen LogP contribution in [0.2, 0.25) is 0 Å². The van der Waals surface area contributed by atoms with E-state index in [1.54, 1.807) is 55.4 Å². The third kappa shape index (κ3) is 10500. The molecule has 4 nitrogen and oxygen atoms in total. The molecule has 0 heterocycles. The van der Waals surface area contributed by atoms with Crippen molar-refractivity contribution in [3.63, 3.8) is 0 Å². The van der Waals surface area contributed by atoms with Crippen LogP contribution < -0.4 is 20.4 Å². The summed E-state index contributed by atoms with van der Waals surface area (Å²) >= 11 is 0. The van der Waals surface area contributed by atoms with Gasteiger partial charge in [-0.2, -0.15) is 0 Å². The van der Waals surface area contributed by atoms with Gasteiger partial charge in [0.25, 0.3) is 0 Å². The minimum atomic E-state index is -0.417. The zero-order valence-electron chi connectivity index (χ0n) is 12.4. The average Bonchev–Trinajstić information content (AvgIpc) is 1.76. The standard InChI is InChI=1S/4C3H7O.Nb/c4*1-3(2)4;/h4*3H,1-2H3;/q4*-1;. The van der Waals surface area contributed by atoms with Crippen LogP contribution in [0.4, 0.5) is 0 Å². The molecule has 0 aliphatic rings. The molecule has 0 aromatic carbocycles. The average molecular weight is 329 g/mol. The summed E-state index contributed by atoms with van der Waals surface area (Å²) < 4.78 is 0. The summed E-state index contributed by atoms with van der Waals surface area (Å²) in [6.07, 6.45) is -1.67. The van der Waals surface area contributed by atoms with Crippen LogP contribution in [0.5, 0.6) is 0 Å². The first-order valence-electron chi connectivity index (χ1n) is 5.56.